The third-order valence-corrected chi connectivity index (χ3v) is 5.32. The third-order valence-electron chi connectivity index (χ3n) is 5.32. The Bertz CT molecular complexity index is 841. The summed E-state index contributed by atoms with van der Waals surface area (Å²) in [6.07, 6.45) is 4.45. The van der Waals surface area contributed by atoms with E-state index in [1.807, 2.05) is 42.4 Å². The standard InChI is InChI=1S/C21H30N6O2/c1-4-16-7-5-6-8-18(16)24-19(28)15-26-9-11-27(12-10-26)21(29)20(22-2)17-13-23-25(3)14-17/h5-8,13-14,20,22H,4,9-12,15H2,1-3H3,(H,24,28). The Labute approximate surface area is 171 Å². The van der Waals surface area contributed by atoms with Gasteiger partial charge in [0.25, 0.3) is 0 Å². The molecule has 1 atom stereocenters. The van der Waals surface area contributed by atoms with Crippen LogP contribution >= 0.6 is 0 Å². The Hall–Kier alpha value is -2.71. The van der Waals surface area contributed by atoms with Crippen molar-refractivity contribution in [2.45, 2.75) is 19.4 Å². The highest BCUT2D eigenvalue weighted by molar-refractivity contribution is 5.93. The number of anilines is 1. The fraction of sp³-hybridized carbons (Fsp3) is 0.476. The first-order valence-corrected chi connectivity index (χ1v) is 10.1. The van der Waals surface area contributed by atoms with Crippen LogP contribution in [0.15, 0.2) is 36.7 Å². The van der Waals surface area contributed by atoms with Crippen LogP contribution in [-0.4, -0.2) is 71.2 Å². The van der Waals surface area contributed by atoms with Gasteiger partial charge in [-0.3, -0.25) is 19.2 Å². The number of carbonyl (C=O) groups excluding carboxylic acids is 2. The van der Waals surface area contributed by atoms with Crippen LogP contribution in [0.2, 0.25) is 0 Å². The lowest BCUT2D eigenvalue weighted by Gasteiger charge is -2.36. The topological polar surface area (TPSA) is 82.5 Å². The largest absolute Gasteiger partial charge is 0.338 e. The average molecular weight is 399 g/mol. The lowest BCUT2D eigenvalue weighted by molar-refractivity contribution is -0.135. The van der Waals surface area contributed by atoms with E-state index < -0.39 is 6.04 Å². The number of piperazine rings is 1. The van der Waals surface area contributed by atoms with Gasteiger partial charge < -0.3 is 15.5 Å². The van der Waals surface area contributed by atoms with E-state index in [-0.39, 0.29) is 11.8 Å². The molecular formula is C21H30N6O2. The number of para-hydroxylation sites is 1. The van der Waals surface area contributed by atoms with E-state index in [1.54, 1.807) is 17.9 Å². The lowest BCUT2D eigenvalue weighted by Crippen LogP contribution is -2.52. The Morgan fingerprint density at radius 3 is 2.52 bits per heavy atom. The molecule has 1 saturated heterocycles. The molecule has 3 rings (SSSR count). The molecule has 0 aliphatic carbocycles. The summed E-state index contributed by atoms with van der Waals surface area (Å²) >= 11 is 0. The van der Waals surface area contributed by atoms with Crippen molar-refractivity contribution in [3.05, 3.63) is 47.8 Å². The molecule has 0 spiro atoms. The van der Waals surface area contributed by atoms with Gasteiger partial charge in [0.2, 0.25) is 11.8 Å². The number of carbonyl (C=O) groups is 2. The van der Waals surface area contributed by atoms with Crippen LogP contribution in [-0.2, 0) is 23.1 Å². The Morgan fingerprint density at radius 1 is 1.17 bits per heavy atom. The number of nitrogens with zero attached hydrogens (tertiary/aromatic N) is 4. The first kappa shape index (κ1) is 21.0. The van der Waals surface area contributed by atoms with Crippen LogP contribution in [0.25, 0.3) is 0 Å². The van der Waals surface area contributed by atoms with Crippen molar-refractivity contribution in [1.29, 1.82) is 0 Å². The highest BCUT2D eigenvalue weighted by Crippen LogP contribution is 2.17. The molecule has 0 bridgehead atoms. The number of benzene rings is 1. The highest BCUT2D eigenvalue weighted by Gasteiger charge is 2.28. The zero-order chi connectivity index (χ0) is 20.8. The van der Waals surface area contributed by atoms with E-state index >= 15 is 0 Å². The zero-order valence-electron chi connectivity index (χ0n) is 17.4. The first-order valence-electron chi connectivity index (χ1n) is 10.1. The number of hydrogen-bond donors (Lipinski definition) is 2. The zero-order valence-corrected chi connectivity index (χ0v) is 17.4. The first-order chi connectivity index (χ1) is 14.0. The summed E-state index contributed by atoms with van der Waals surface area (Å²) in [5.74, 6) is 0.0237. The molecule has 1 unspecified atom stereocenters. The molecule has 2 aromatic rings. The minimum atomic E-state index is -0.399. The van der Waals surface area contributed by atoms with Crippen LogP contribution in [0.3, 0.4) is 0 Å². The van der Waals surface area contributed by atoms with Gasteiger partial charge in [0.05, 0.1) is 12.7 Å². The van der Waals surface area contributed by atoms with Gasteiger partial charge in [-0.1, -0.05) is 25.1 Å². The molecule has 1 aromatic heterocycles. The van der Waals surface area contributed by atoms with Gasteiger partial charge >= 0.3 is 0 Å². The minimum absolute atomic E-state index is 0.0193. The van der Waals surface area contributed by atoms with Gasteiger partial charge in [0, 0.05) is 50.7 Å². The van der Waals surface area contributed by atoms with Crippen LogP contribution in [0.1, 0.15) is 24.1 Å². The van der Waals surface area contributed by atoms with Crippen molar-refractivity contribution in [2.75, 3.05) is 45.1 Å². The number of aryl methyl sites for hydroxylation is 2. The van der Waals surface area contributed by atoms with Gasteiger partial charge in [0.1, 0.15) is 6.04 Å². The maximum absolute atomic E-state index is 12.9. The second-order valence-electron chi connectivity index (χ2n) is 7.33. The molecule has 1 aliphatic heterocycles. The monoisotopic (exact) mass is 398 g/mol. The fourth-order valence-corrected chi connectivity index (χ4v) is 3.67. The van der Waals surface area contributed by atoms with Crippen LogP contribution in [0, 0.1) is 0 Å². The fourth-order valence-electron chi connectivity index (χ4n) is 3.67. The van der Waals surface area contributed by atoms with Crippen LogP contribution in [0.5, 0.6) is 0 Å². The SMILES string of the molecule is CCc1ccccc1NC(=O)CN1CCN(C(=O)C(NC)c2cnn(C)c2)CC1. The van der Waals surface area contributed by atoms with E-state index in [2.05, 4.69) is 27.6 Å². The van der Waals surface area contributed by atoms with Crippen molar-refractivity contribution in [3.8, 4) is 0 Å². The molecule has 1 aromatic carbocycles. The smallest absolute Gasteiger partial charge is 0.244 e. The number of amides is 2. The molecule has 0 radical (unpaired) electrons. The molecule has 8 heteroatoms. The Balaban J connectivity index is 1.51. The number of nitrogens with one attached hydrogen (secondary N) is 2. The quantitative estimate of drug-likeness (QED) is 0.728. The van der Waals surface area contributed by atoms with E-state index in [9.17, 15) is 9.59 Å². The van der Waals surface area contributed by atoms with Gasteiger partial charge in [0.15, 0.2) is 0 Å². The molecule has 156 valence electrons. The van der Waals surface area contributed by atoms with Crippen molar-refractivity contribution in [3.63, 3.8) is 0 Å². The van der Waals surface area contributed by atoms with Crippen LogP contribution < -0.4 is 10.6 Å². The summed E-state index contributed by atoms with van der Waals surface area (Å²) in [4.78, 5) is 29.3. The minimum Gasteiger partial charge on any atom is -0.338 e. The molecule has 1 aliphatic rings. The average Bonchev–Trinajstić information content (AvgIpc) is 3.15. The normalized spacial score (nSPS) is 15.9. The molecular weight excluding hydrogens is 368 g/mol. The summed E-state index contributed by atoms with van der Waals surface area (Å²) in [5, 5.41) is 10.3. The van der Waals surface area contributed by atoms with Crippen molar-refractivity contribution < 1.29 is 9.59 Å². The third kappa shape index (κ3) is 5.21. The predicted molar refractivity (Wildman–Crippen MR) is 112 cm³/mol. The van der Waals surface area contributed by atoms with Gasteiger partial charge in [-0.15, -0.1) is 0 Å². The van der Waals surface area contributed by atoms with Crippen molar-refractivity contribution >= 4 is 17.5 Å². The number of rotatable bonds is 7. The highest BCUT2D eigenvalue weighted by atomic mass is 16.2. The summed E-state index contributed by atoms with van der Waals surface area (Å²) in [5.41, 5.74) is 2.86. The van der Waals surface area contributed by atoms with Gasteiger partial charge in [-0.25, -0.2) is 0 Å². The Morgan fingerprint density at radius 2 is 1.90 bits per heavy atom. The van der Waals surface area contributed by atoms with Gasteiger partial charge in [-0.2, -0.15) is 5.10 Å². The molecule has 1 fully saturated rings. The Kier molecular flexibility index (Phi) is 7.00. The maximum atomic E-state index is 12.9. The lowest BCUT2D eigenvalue weighted by atomic mass is 10.1. The molecule has 2 heterocycles. The van der Waals surface area contributed by atoms with E-state index in [1.165, 1.54) is 0 Å². The summed E-state index contributed by atoms with van der Waals surface area (Å²) < 4.78 is 1.69. The van der Waals surface area contributed by atoms with E-state index in [0.29, 0.717) is 32.7 Å². The molecule has 29 heavy (non-hydrogen) atoms. The maximum Gasteiger partial charge on any atom is 0.244 e. The van der Waals surface area contributed by atoms with Crippen molar-refractivity contribution in [1.82, 2.24) is 24.9 Å². The summed E-state index contributed by atoms with van der Waals surface area (Å²) in [6.45, 7) is 4.98. The molecule has 0 saturated carbocycles. The molecule has 8 nitrogen and oxygen atoms in total. The van der Waals surface area contributed by atoms with Crippen LogP contribution in [0.4, 0.5) is 5.69 Å². The molecule has 2 amide bonds. The molecule has 2 N–H and O–H groups in total. The predicted octanol–water partition coefficient (Wildman–Crippen LogP) is 1.03. The van der Waals surface area contributed by atoms with Crippen molar-refractivity contribution in [2.24, 2.45) is 7.05 Å². The van der Waals surface area contributed by atoms with E-state index in [0.717, 1.165) is 23.2 Å². The number of hydrogen-bond acceptors (Lipinski definition) is 5. The number of aromatic nitrogens is 2. The second-order valence-corrected chi connectivity index (χ2v) is 7.33. The van der Waals surface area contributed by atoms with E-state index in [4.69, 9.17) is 0 Å². The summed E-state index contributed by atoms with van der Waals surface area (Å²) in [6, 6.07) is 7.47. The summed E-state index contributed by atoms with van der Waals surface area (Å²) in [7, 11) is 3.62. The second kappa shape index (κ2) is 9.67. The van der Waals surface area contributed by atoms with Gasteiger partial charge in [-0.05, 0) is 25.1 Å². The number of likely N-dealkylation sites (N-methyl/N-ethyl adjacent to an activating group) is 1.